The predicted molar refractivity (Wildman–Crippen MR) is 94.7 cm³/mol. The maximum Gasteiger partial charge on any atom is 0.225 e. The van der Waals surface area contributed by atoms with Crippen LogP contribution in [0.3, 0.4) is 0 Å². The maximum atomic E-state index is 12.8. The highest BCUT2D eigenvalue weighted by atomic mass is 16.2. The molecular formula is C21H31NO3. The molecule has 0 aromatic carbocycles. The van der Waals surface area contributed by atoms with Gasteiger partial charge in [-0.3, -0.25) is 14.4 Å². The summed E-state index contributed by atoms with van der Waals surface area (Å²) >= 11 is 0. The molecule has 4 aliphatic carbocycles. The molecule has 0 heterocycles. The largest absolute Gasteiger partial charge is 0.353 e. The summed E-state index contributed by atoms with van der Waals surface area (Å²) < 4.78 is 0. The molecule has 0 saturated heterocycles. The molecule has 1 N–H and O–H groups in total. The Morgan fingerprint density at radius 2 is 1.68 bits per heavy atom. The molecule has 0 aliphatic heterocycles. The van der Waals surface area contributed by atoms with Crippen molar-refractivity contribution in [2.24, 2.45) is 40.9 Å². The molecule has 4 saturated carbocycles. The Bertz CT molecular complexity index is 605. The minimum Gasteiger partial charge on any atom is -0.353 e. The first-order valence-corrected chi connectivity index (χ1v) is 10.2. The van der Waals surface area contributed by atoms with Crippen molar-refractivity contribution in [1.29, 1.82) is 0 Å². The first-order valence-electron chi connectivity index (χ1n) is 10.2. The third-order valence-corrected chi connectivity index (χ3v) is 7.48. The van der Waals surface area contributed by atoms with Crippen molar-refractivity contribution in [2.75, 3.05) is 0 Å². The Labute approximate surface area is 150 Å². The van der Waals surface area contributed by atoms with Crippen LogP contribution in [-0.2, 0) is 14.4 Å². The van der Waals surface area contributed by atoms with E-state index in [0.29, 0.717) is 24.2 Å². The normalized spacial score (nSPS) is 43.4. The zero-order valence-corrected chi connectivity index (χ0v) is 15.7. The van der Waals surface area contributed by atoms with Crippen molar-refractivity contribution in [2.45, 2.75) is 71.8 Å². The van der Waals surface area contributed by atoms with Crippen molar-refractivity contribution in [3.05, 3.63) is 0 Å². The lowest BCUT2D eigenvalue weighted by Gasteiger charge is -2.50. The summed E-state index contributed by atoms with van der Waals surface area (Å²) in [5.74, 6) is 1.50. The van der Waals surface area contributed by atoms with E-state index >= 15 is 0 Å². The maximum absolute atomic E-state index is 12.8. The smallest absolute Gasteiger partial charge is 0.225 e. The fourth-order valence-electron chi connectivity index (χ4n) is 6.40. The minimum absolute atomic E-state index is 0.000757. The molecule has 4 heteroatoms. The second-order valence-corrected chi connectivity index (χ2v) is 10.0. The van der Waals surface area contributed by atoms with Gasteiger partial charge in [0, 0.05) is 23.3 Å². The van der Waals surface area contributed by atoms with Gasteiger partial charge in [0.15, 0.2) is 0 Å². The zero-order chi connectivity index (χ0) is 17.9. The summed E-state index contributed by atoms with van der Waals surface area (Å²) in [6.07, 6.45) is 7.60. The Kier molecular flexibility index (Phi) is 4.08. The number of carbonyl (C=O) groups is 3. The van der Waals surface area contributed by atoms with E-state index < -0.39 is 5.41 Å². The molecule has 0 bridgehead atoms. The Morgan fingerprint density at radius 3 is 2.40 bits per heavy atom. The van der Waals surface area contributed by atoms with Crippen molar-refractivity contribution in [3.63, 3.8) is 0 Å². The SMILES string of the molecule is CC(C)(C)C(=O)NC1CC2CC3CCCCC3C3C(=O)C(=O)C(C1)C23. The number of carbonyl (C=O) groups excluding carboxylic acids is 3. The molecule has 0 aromatic rings. The molecule has 4 nitrogen and oxygen atoms in total. The van der Waals surface area contributed by atoms with Crippen LogP contribution in [0.5, 0.6) is 0 Å². The topological polar surface area (TPSA) is 63.2 Å². The Hall–Kier alpha value is -1.19. The molecule has 4 fully saturated rings. The Balaban J connectivity index is 1.58. The van der Waals surface area contributed by atoms with Gasteiger partial charge in [-0.05, 0) is 49.4 Å². The van der Waals surface area contributed by atoms with E-state index in [1.807, 2.05) is 20.8 Å². The quantitative estimate of drug-likeness (QED) is 0.743. The lowest BCUT2D eigenvalue weighted by molar-refractivity contribution is -0.138. The van der Waals surface area contributed by atoms with Gasteiger partial charge >= 0.3 is 0 Å². The number of nitrogens with one attached hydrogen (secondary N) is 1. The van der Waals surface area contributed by atoms with Crippen LogP contribution >= 0.6 is 0 Å². The number of fused-ring (bicyclic) bond motifs is 2. The van der Waals surface area contributed by atoms with Gasteiger partial charge in [0.1, 0.15) is 0 Å². The number of Topliss-reactive ketones (excluding diaryl/α,β-unsaturated/α-hetero) is 2. The number of ketones is 2. The molecule has 7 unspecified atom stereocenters. The van der Waals surface area contributed by atoms with Gasteiger partial charge in [-0.2, -0.15) is 0 Å². The molecule has 0 spiro atoms. The highest BCUT2D eigenvalue weighted by Gasteiger charge is 2.61. The van der Waals surface area contributed by atoms with Crippen molar-refractivity contribution in [1.82, 2.24) is 5.32 Å². The van der Waals surface area contributed by atoms with Gasteiger partial charge in [0.2, 0.25) is 17.5 Å². The van der Waals surface area contributed by atoms with Crippen LogP contribution in [0, 0.1) is 40.9 Å². The van der Waals surface area contributed by atoms with E-state index in [9.17, 15) is 14.4 Å². The number of hydrogen-bond acceptors (Lipinski definition) is 3. The van der Waals surface area contributed by atoms with Crippen LogP contribution in [0.2, 0.25) is 0 Å². The highest BCUT2D eigenvalue weighted by Crippen LogP contribution is 2.58. The number of amides is 1. The number of hydrogen-bond donors (Lipinski definition) is 1. The first-order chi connectivity index (χ1) is 11.8. The van der Waals surface area contributed by atoms with E-state index in [1.54, 1.807) is 0 Å². The van der Waals surface area contributed by atoms with Gasteiger partial charge in [-0.1, -0.05) is 40.0 Å². The monoisotopic (exact) mass is 345 g/mol. The Morgan fingerprint density at radius 1 is 0.960 bits per heavy atom. The highest BCUT2D eigenvalue weighted by molar-refractivity contribution is 6.41. The van der Waals surface area contributed by atoms with Crippen LogP contribution in [0.1, 0.15) is 65.7 Å². The molecular weight excluding hydrogens is 314 g/mol. The van der Waals surface area contributed by atoms with Crippen LogP contribution in [0.15, 0.2) is 0 Å². The van der Waals surface area contributed by atoms with Crippen LogP contribution in [-0.4, -0.2) is 23.5 Å². The molecule has 25 heavy (non-hydrogen) atoms. The fraction of sp³-hybridized carbons (Fsp3) is 0.857. The molecule has 0 aromatic heterocycles. The van der Waals surface area contributed by atoms with E-state index in [-0.39, 0.29) is 41.3 Å². The second-order valence-electron chi connectivity index (χ2n) is 10.0. The third kappa shape index (κ3) is 2.76. The van der Waals surface area contributed by atoms with Gasteiger partial charge in [-0.25, -0.2) is 0 Å². The molecule has 4 rings (SSSR count). The molecule has 4 aliphatic rings. The summed E-state index contributed by atoms with van der Waals surface area (Å²) in [6.45, 7) is 5.75. The van der Waals surface area contributed by atoms with E-state index in [2.05, 4.69) is 5.32 Å². The molecule has 7 atom stereocenters. The first kappa shape index (κ1) is 17.2. The molecule has 138 valence electrons. The van der Waals surface area contributed by atoms with Gasteiger partial charge in [0.05, 0.1) is 0 Å². The minimum atomic E-state index is -0.421. The zero-order valence-electron chi connectivity index (χ0n) is 15.7. The number of rotatable bonds is 1. The van der Waals surface area contributed by atoms with Crippen LogP contribution in [0.4, 0.5) is 0 Å². The predicted octanol–water partition coefficient (Wildman–Crippen LogP) is 3.14. The third-order valence-electron chi connectivity index (χ3n) is 7.48. The standard InChI is InChI=1S/C21H31NO3/c1-21(2,3)20(25)22-13-9-12-8-11-6-4-5-7-14(11)17-16(12)15(10-13)18(23)19(17)24/h11-17H,4-10H2,1-3H3,(H,22,25). The van der Waals surface area contributed by atoms with E-state index in [0.717, 1.165) is 19.3 Å². The summed E-state index contributed by atoms with van der Waals surface area (Å²) in [7, 11) is 0. The van der Waals surface area contributed by atoms with Gasteiger partial charge < -0.3 is 5.32 Å². The van der Waals surface area contributed by atoms with Gasteiger partial charge in [-0.15, -0.1) is 0 Å². The molecule has 1 amide bonds. The van der Waals surface area contributed by atoms with Gasteiger partial charge in [0.25, 0.3) is 0 Å². The average Bonchev–Trinajstić information content (AvgIpc) is 2.80. The average molecular weight is 345 g/mol. The summed E-state index contributed by atoms with van der Waals surface area (Å²) in [6, 6.07) is 0.0496. The van der Waals surface area contributed by atoms with E-state index in [1.165, 1.54) is 19.3 Å². The summed E-state index contributed by atoms with van der Waals surface area (Å²) in [4.78, 5) is 37.9. The molecule has 0 radical (unpaired) electrons. The lowest BCUT2D eigenvalue weighted by Crippen LogP contribution is -2.51. The summed E-state index contributed by atoms with van der Waals surface area (Å²) in [5.41, 5.74) is -0.421. The second kappa shape index (κ2) is 5.92. The van der Waals surface area contributed by atoms with E-state index in [4.69, 9.17) is 0 Å². The van der Waals surface area contributed by atoms with Crippen molar-refractivity contribution in [3.8, 4) is 0 Å². The van der Waals surface area contributed by atoms with Crippen molar-refractivity contribution >= 4 is 17.5 Å². The van der Waals surface area contributed by atoms with Crippen LogP contribution < -0.4 is 5.32 Å². The lowest BCUT2D eigenvalue weighted by atomic mass is 9.54. The summed E-state index contributed by atoms with van der Waals surface area (Å²) in [5, 5.41) is 3.18. The van der Waals surface area contributed by atoms with Crippen molar-refractivity contribution < 1.29 is 14.4 Å². The fourth-order valence-corrected chi connectivity index (χ4v) is 6.40. The van der Waals surface area contributed by atoms with Crippen LogP contribution in [0.25, 0.3) is 0 Å².